The number of hydrogen-bond donors (Lipinski definition) is 2. The average molecular weight is 510 g/mol. The van der Waals surface area contributed by atoms with Crippen molar-refractivity contribution in [3.05, 3.63) is 94.8 Å². The molecule has 2 aromatic carbocycles. The summed E-state index contributed by atoms with van der Waals surface area (Å²) in [4.78, 5) is 21.2. The molecule has 1 unspecified atom stereocenters. The van der Waals surface area contributed by atoms with Gasteiger partial charge in [0.05, 0.1) is 29.9 Å². The molecule has 0 saturated heterocycles. The first-order valence-electron chi connectivity index (χ1n) is 12.6. The van der Waals surface area contributed by atoms with Gasteiger partial charge in [-0.2, -0.15) is 0 Å². The van der Waals surface area contributed by atoms with Crippen LogP contribution in [0.25, 0.3) is 21.0 Å². The second kappa shape index (κ2) is 10.2. The van der Waals surface area contributed by atoms with Crippen molar-refractivity contribution in [2.24, 2.45) is 0 Å². The van der Waals surface area contributed by atoms with Gasteiger partial charge in [-0.15, -0.1) is 11.3 Å². The summed E-state index contributed by atoms with van der Waals surface area (Å²) in [6.45, 7) is 1.56. The number of carbonyl (C=O) groups is 1. The van der Waals surface area contributed by atoms with Crippen LogP contribution in [0.2, 0.25) is 0 Å². The van der Waals surface area contributed by atoms with E-state index >= 15 is 0 Å². The van der Waals surface area contributed by atoms with E-state index < -0.39 is 5.97 Å². The molecule has 0 aliphatic carbocycles. The lowest BCUT2D eigenvalue weighted by Gasteiger charge is -2.17. The van der Waals surface area contributed by atoms with E-state index in [9.17, 15) is 9.90 Å². The molecule has 0 radical (unpaired) electrons. The Kier molecular flexibility index (Phi) is 6.45. The fourth-order valence-electron chi connectivity index (χ4n) is 5.04. The quantitative estimate of drug-likeness (QED) is 0.251. The molecule has 4 heterocycles. The van der Waals surface area contributed by atoms with Crippen LogP contribution in [0.15, 0.2) is 72.2 Å². The van der Waals surface area contributed by atoms with Gasteiger partial charge in [0.25, 0.3) is 0 Å². The number of nitrogens with one attached hydrogen (secondary N) is 1. The van der Waals surface area contributed by atoms with E-state index in [0.29, 0.717) is 6.61 Å². The normalized spacial score (nSPS) is 13.7. The number of pyridine rings is 2. The fourth-order valence-corrected chi connectivity index (χ4v) is 6.08. The molecule has 6 nitrogen and oxygen atoms in total. The zero-order valence-corrected chi connectivity index (χ0v) is 21.1. The van der Waals surface area contributed by atoms with Crippen LogP contribution in [-0.4, -0.2) is 34.2 Å². The summed E-state index contributed by atoms with van der Waals surface area (Å²) in [7, 11) is 0. The molecule has 0 spiro atoms. The van der Waals surface area contributed by atoms with Gasteiger partial charge >= 0.3 is 5.97 Å². The van der Waals surface area contributed by atoms with Gasteiger partial charge in [-0.25, -0.2) is 0 Å². The molecule has 2 N–H and O–H groups in total. The van der Waals surface area contributed by atoms with E-state index in [2.05, 4.69) is 33.9 Å². The first-order valence-corrected chi connectivity index (χ1v) is 13.4. The molecule has 0 saturated carbocycles. The van der Waals surface area contributed by atoms with Gasteiger partial charge in [-0.05, 0) is 77.2 Å². The third kappa shape index (κ3) is 5.00. The van der Waals surface area contributed by atoms with Crippen LogP contribution in [0.5, 0.6) is 5.75 Å². The lowest BCUT2D eigenvalue weighted by molar-refractivity contribution is -0.137. The molecule has 0 amide bonds. The number of thiophene rings is 1. The Hall–Kier alpha value is -3.97. The van der Waals surface area contributed by atoms with Crippen molar-refractivity contribution in [1.82, 2.24) is 9.97 Å². The molecule has 3 aromatic heterocycles. The van der Waals surface area contributed by atoms with Crippen molar-refractivity contribution >= 4 is 44.0 Å². The number of carboxylic acid groups (broad SMARTS) is 1. The van der Waals surface area contributed by atoms with Gasteiger partial charge in [-0.1, -0.05) is 18.2 Å². The maximum absolute atomic E-state index is 11.8. The maximum Gasteiger partial charge on any atom is 0.304 e. The Balaban J connectivity index is 1.21. The summed E-state index contributed by atoms with van der Waals surface area (Å²) in [5.74, 6) is -0.300. The highest BCUT2D eigenvalue weighted by atomic mass is 32.1. The zero-order chi connectivity index (χ0) is 25.2. The molecule has 37 heavy (non-hydrogen) atoms. The minimum atomic E-state index is -0.830. The Morgan fingerprint density at radius 3 is 2.97 bits per heavy atom. The molecule has 0 bridgehead atoms. The Morgan fingerprint density at radius 2 is 2.05 bits per heavy atom. The number of hydrogen-bond acceptors (Lipinski definition) is 6. The zero-order valence-electron chi connectivity index (χ0n) is 20.3. The molecule has 6 rings (SSSR count). The first kappa shape index (κ1) is 23.4. The highest BCUT2D eigenvalue weighted by Gasteiger charge is 2.22. The summed E-state index contributed by atoms with van der Waals surface area (Å²) in [6.07, 6.45) is 4.70. The van der Waals surface area contributed by atoms with Crippen LogP contribution in [-0.2, 0) is 17.6 Å². The van der Waals surface area contributed by atoms with Gasteiger partial charge < -0.3 is 15.2 Å². The largest absolute Gasteiger partial charge is 0.493 e. The van der Waals surface area contributed by atoms with Crippen LogP contribution in [0, 0.1) is 0 Å². The number of anilines is 1. The number of rotatable bonds is 8. The molecule has 186 valence electrons. The minimum absolute atomic E-state index is 0.00734. The Bertz CT molecular complexity index is 1600. The number of para-hydroxylation sites is 1. The van der Waals surface area contributed by atoms with E-state index in [-0.39, 0.29) is 12.3 Å². The fraction of sp³-hybridized carbons (Fsp3) is 0.233. The second-order valence-electron chi connectivity index (χ2n) is 9.39. The molecular formula is C30H27N3O3S. The highest BCUT2D eigenvalue weighted by Crippen LogP contribution is 2.39. The lowest BCUT2D eigenvalue weighted by atomic mass is 9.88. The smallest absolute Gasteiger partial charge is 0.304 e. The summed E-state index contributed by atoms with van der Waals surface area (Å²) in [5.41, 5.74) is 6.16. The average Bonchev–Trinajstić information content (AvgIpc) is 3.34. The van der Waals surface area contributed by atoms with Crippen molar-refractivity contribution in [3.8, 4) is 5.75 Å². The highest BCUT2D eigenvalue weighted by molar-refractivity contribution is 7.17. The van der Waals surface area contributed by atoms with Gasteiger partial charge in [0, 0.05) is 40.9 Å². The maximum atomic E-state index is 11.8. The monoisotopic (exact) mass is 509 g/mol. The van der Waals surface area contributed by atoms with Crippen LogP contribution >= 0.6 is 11.3 Å². The number of nitrogens with zero attached hydrogens (tertiary/aromatic N) is 2. The van der Waals surface area contributed by atoms with Crippen LogP contribution in [0.1, 0.15) is 41.3 Å². The van der Waals surface area contributed by atoms with E-state index in [0.717, 1.165) is 80.7 Å². The number of benzene rings is 2. The van der Waals surface area contributed by atoms with Gasteiger partial charge in [0.2, 0.25) is 0 Å². The van der Waals surface area contributed by atoms with E-state index in [1.165, 1.54) is 0 Å². The Morgan fingerprint density at radius 1 is 1.14 bits per heavy atom. The number of aryl methyl sites for hydroxylation is 1. The van der Waals surface area contributed by atoms with Crippen LogP contribution in [0.4, 0.5) is 5.69 Å². The number of carboxylic acids is 1. The number of aromatic nitrogens is 2. The van der Waals surface area contributed by atoms with Crippen LogP contribution in [0.3, 0.4) is 0 Å². The lowest BCUT2D eigenvalue weighted by Crippen LogP contribution is -2.14. The van der Waals surface area contributed by atoms with E-state index in [4.69, 9.17) is 9.72 Å². The van der Waals surface area contributed by atoms with Gasteiger partial charge in [0.1, 0.15) is 5.75 Å². The van der Waals surface area contributed by atoms with Gasteiger partial charge in [0.15, 0.2) is 0 Å². The molecule has 1 atom stereocenters. The first-order chi connectivity index (χ1) is 18.1. The van der Waals surface area contributed by atoms with Crippen LogP contribution < -0.4 is 10.1 Å². The summed E-state index contributed by atoms with van der Waals surface area (Å²) >= 11 is 1.61. The third-order valence-electron chi connectivity index (χ3n) is 6.91. The summed E-state index contributed by atoms with van der Waals surface area (Å²) in [5, 5.41) is 17.2. The van der Waals surface area contributed by atoms with Crippen molar-refractivity contribution in [1.29, 1.82) is 0 Å². The van der Waals surface area contributed by atoms with Crippen molar-refractivity contribution in [3.63, 3.8) is 0 Å². The SMILES string of the molecule is O=C(O)CC(c1cnc2ccccc2c1)c1csc2cc(OCCc3ccc4c(n3)CCCN4)ccc12. The number of fused-ring (bicyclic) bond motifs is 3. The number of aliphatic carboxylic acids is 1. The van der Waals surface area contributed by atoms with E-state index in [1.54, 1.807) is 11.3 Å². The predicted molar refractivity (Wildman–Crippen MR) is 148 cm³/mol. The van der Waals surface area contributed by atoms with E-state index in [1.807, 2.05) is 48.7 Å². The predicted octanol–water partition coefficient (Wildman–Crippen LogP) is 6.43. The molecule has 7 heteroatoms. The number of ether oxygens (including phenoxy) is 1. The molecule has 5 aromatic rings. The minimum Gasteiger partial charge on any atom is -0.493 e. The van der Waals surface area contributed by atoms with Gasteiger partial charge in [-0.3, -0.25) is 14.8 Å². The molecule has 1 aliphatic rings. The topological polar surface area (TPSA) is 84.3 Å². The molecule has 1 aliphatic heterocycles. The van der Waals surface area contributed by atoms with Crippen molar-refractivity contribution in [2.75, 3.05) is 18.5 Å². The summed E-state index contributed by atoms with van der Waals surface area (Å²) < 4.78 is 7.15. The second-order valence-corrected chi connectivity index (χ2v) is 10.3. The standard InChI is InChI=1S/C30H27N3O3S/c34-30(35)16-24(20-14-19-4-1-2-5-26(19)32-17-20)25-18-37-29-15-22(8-9-23(25)29)36-13-11-21-7-10-27-28(33-21)6-3-12-31-27/h1-2,4-5,7-10,14-15,17-18,24,31H,3,6,11-13,16H2,(H,34,35). The summed E-state index contributed by atoms with van der Waals surface area (Å²) in [6, 6.07) is 20.2. The molecular weight excluding hydrogens is 482 g/mol. The molecule has 0 fully saturated rings. The Labute approximate surface area is 219 Å². The third-order valence-corrected chi connectivity index (χ3v) is 7.87. The van der Waals surface area contributed by atoms with Crippen molar-refractivity contribution in [2.45, 2.75) is 31.6 Å². The van der Waals surface area contributed by atoms with Crippen molar-refractivity contribution < 1.29 is 14.6 Å².